The maximum absolute atomic E-state index is 10.3. The summed E-state index contributed by atoms with van der Waals surface area (Å²) in [6.07, 6.45) is 1.90. The monoisotopic (exact) mass is 128 g/mol. The first-order valence-electron chi connectivity index (χ1n) is 3.09. The van der Waals surface area contributed by atoms with Crippen LogP contribution in [-0.2, 0) is 14.3 Å². The van der Waals surface area contributed by atoms with Crippen LogP contribution < -0.4 is 0 Å². The average Bonchev–Trinajstić information content (AvgIpc) is 2.62. The average molecular weight is 128 g/mol. The highest BCUT2D eigenvalue weighted by molar-refractivity contribution is 5.68. The van der Waals surface area contributed by atoms with E-state index in [1.807, 2.05) is 0 Å². The van der Waals surface area contributed by atoms with Crippen molar-refractivity contribution in [3.8, 4) is 0 Å². The van der Waals surface area contributed by atoms with Crippen LogP contribution in [0, 0.1) is 0 Å². The Morgan fingerprint density at radius 1 is 1.67 bits per heavy atom. The predicted octanol–water partition coefficient (Wildman–Crippen LogP) is -0.257. The van der Waals surface area contributed by atoms with Crippen molar-refractivity contribution in [3.63, 3.8) is 0 Å². The van der Waals surface area contributed by atoms with Gasteiger partial charge in [-0.2, -0.15) is 0 Å². The summed E-state index contributed by atoms with van der Waals surface area (Å²) >= 11 is 0. The lowest BCUT2D eigenvalue weighted by Crippen LogP contribution is -2.29. The Hall–Kier alpha value is -0.410. The maximum atomic E-state index is 10.3. The molecule has 0 aromatic rings. The molecule has 2 rings (SSSR count). The summed E-state index contributed by atoms with van der Waals surface area (Å²) in [6, 6.07) is 0. The van der Waals surface area contributed by atoms with Gasteiger partial charge in [-0.1, -0.05) is 0 Å². The molecule has 2 aliphatic rings. The highest BCUT2D eigenvalue weighted by atomic mass is 16.6. The van der Waals surface area contributed by atoms with Crippen LogP contribution in [-0.4, -0.2) is 31.2 Å². The van der Waals surface area contributed by atoms with E-state index >= 15 is 0 Å². The van der Waals surface area contributed by atoms with E-state index in [0.717, 1.165) is 19.3 Å². The van der Waals surface area contributed by atoms with E-state index in [-0.39, 0.29) is 6.10 Å². The van der Waals surface area contributed by atoms with Gasteiger partial charge in [0.2, 0.25) is 0 Å². The fourth-order valence-corrected chi connectivity index (χ4v) is 1.22. The third kappa shape index (κ3) is 0.618. The maximum Gasteiger partial charge on any atom is 0.173 e. The zero-order valence-corrected chi connectivity index (χ0v) is 5.00. The Morgan fingerprint density at radius 2 is 2.56 bits per heavy atom. The molecule has 2 heterocycles. The molecule has 0 aromatic heterocycles. The molecule has 2 saturated heterocycles. The fourth-order valence-electron chi connectivity index (χ4n) is 1.22. The van der Waals surface area contributed by atoms with Crippen molar-refractivity contribution in [1.29, 1.82) is 0 Å². The first-order chi connectivity index (χ1) is 4.37. The number of carbonyl (C=O) groups is 1. The van der Waals surface area contributed by atoms with Gasteiger partial charge in [0.15, 0.2) is 11.9 Å². The molecule has 0 aromatic carbocycles. The van der Waals surface area contributed by atoms with Crippen LogP contribution in [0.25, 0.3) is 0 Å². The van der Waals surface area contributed by atoms with E-state index in [1.165, 1.54) is 0 Å². The summed E-state index contributed by atoms with van der Waals surface area (Å²) in [5, 5.41) is 0. The van der Waals surface area contributed by atoms with Gasteiger partial charge in [-0.3, -0.25) is 4.79 Å². The van der Waals surface area contributed by atoms with Crippen molar-refractivity contribution in [1.82, 2.24) is 0 Å². The number of ether oxygens (including phenoxy) is 2. The number of hydrogen-bond acceptors (Lipinski definition) is 3. The molecule has 0 saturated carbocycles. The Labute approximate surface area is 52.9 Å². The Kier molecular flexibility index (Phi) is 0.926. The molecule has 0 unspecified atom stereocenters. The van der Waals surface area contributed by atoms with Gasteiger partial charge in [0.05, 0.1) is 12.7 Å². The van der Waals surface area contributed by atoms with Crippen molar-refractivity contribution in [3.05, 3.63) is 0 Å². The fraction of sp³-hybridized carbons (Fsp3) is 0.833. The van der Waals surface area contributed by atoms with Crippen LogP contribution in [0.2, 0.25) is 0 Å². The molecule has 2 atom stereocenters. The minimum absolute atomic E-state index is 0.170. The third-order valence-electron chi connectivity index (χ3n) is 1.90. The molecule has 2 fully saturated rings. The lowest BCUT2D eigenvalue weighted by Gasteiger charge is -2.10. The van der Waals surface area contributed by atoms with Crippen molar-refractivity contribution in [2.45, 2.75) is 18.1 Å². The SMILES string of the molecule is O=C[C@]12COCC[C@H]1O2. The summed E-state index contributed by atoms with van der Waals surface area (Å²) in [5.41, 5.74) is -0.516. The smallest absolute Gasteiger partial charge is 0.173 e. The molecule has 3 heteroatoms. The summed E-state index contributed by atoms with van der Waals surface area (Å²) in [4.78, 5) is 10.3. The van der Waals surface area contributed by atoms with Crippen LogP contribution in [0.1, 0.15) is 6.42 Å². The molecule has 3 nitrogen and oxygen atoms in total. The molecule has 0 aliphatic carbocycles. The van der Waals surface area contributed by atoms with Crippen LogP contribution in [0.5, 0.6) is 0 Å². The molecule has 0 amide bonds. The van der Waals surface area contributed by atoms with E-state index in [2.05, 4.69) is 0 Å². The topological polar surface area (TPSA) is 38.8 Å². The summed E-state index contributed by atoms with van der Waals surface area (Å²) in [7, 11) is 0. The number of fused-ring (bicyclic) bond motifs is 1. The van der Waals surface area contributed by atoms with E-state index in [9.17, 15) is 4.79 Å². The molecule has 0 bridgehead atoms. The third-order valence-corrected chi connectivity index (χ3v) is 1.90. The molecule has 9 heavy (non-hydrogen) atoms. The minimum atomic E-state index is -0.516. The Morgan fingerprint density at radius 3 is 3.11 bits per heavy atom. The molecular weight excluding hydrogens is 120 g/mol. The lowest BCUT2D eigenvalue weighted by molar-refractivity contribution is -0.114. The van der Waals surface area contributed by atoms with E-state index in [0.29, 0.717) is 6.61 Å². The second-order valence-electron chi connectivity index (χ2n) is 2.52. The van der Waals surface area contributed by atoms with Gasteiger partial charge >= 0.3 is 0 Å². The second kappa shape index (κ2) is 1.55. The van der Waals surface area contributed by atoms with Crippen molar-refractivity contribution < 1.29 is 14.3 Å². The van der Waals surface area contributed by atoms with Gasteiger partial charge in [0, 0.05) is 13.0 Å². The van der Waals surface area contributed by atoms with Gasteiger partial charge < -0.3 is 9.47 Å². The molecular formula is C6H8O3. The first-order valence-corrected chi connectivity index (χ1v) is 3.09. The number of epoxide rings is 1. The summed E-state index contributed by atoms with van der Waals surface area (Å²) in [5.74, 6) is 0. The first kappa shape index (κ1) is 5.38. The van der Waals surface area contributed by atoms with Crippen LogP contribution >= 0.6 is 0 Å². The molecule has 2 aliphatic heterocycles. The van der Waals surface area contributed by atoms with Gasteiger partial charge in [0.1, 0.15) is 0 Å². The Balaban J connectivity index is 2.09. The van der Waals surface area contributed by atoms with Gasteiger partial charge in [-0.15, -0.1) is 0 Å². The molecule has 50 valence electrons. The van der Waals surface area contributed by atoms with Crippen LogP contribution in [0.15, 0.2) is 0 Å². The van der Waals surface area contributed by atoms with Gasteiger partial charge in [0.25, 0.3) is 0 Å². The predicted molar refractivity (Wildman–Crippen MR) is 29.1 cm³/mol. The largest absolute Gasteiger partial charge is 0.378 e. The second-order valence-corrected chi connectivity index (χ2v) is 2.52. The summed E-state index contributed by atoms with van der Waals surface area (Å²) in [6.45, 7) is 1.20. The van der Waals surface area contributed by atoms with Gasteiger partial charge in [-0.25, -0.2) is 0 Å². The number of aldehydes is 1. The van der Waals surface area contributed by atoms with Crippen molar-refractivity contribution in [2.24, 2.45) is 0 Å². The van der Waals surface area contributed by atoms with Crippen LogP contribution in [0.3, 0.4) is 0 Å². The van der Waals surface area contributed by atoms with E-state index in [4.69, 9.17) is 9.47 Å². The minimum Gasteiger partial charge on any atom is -0.378 e. The summed E-state index contributed by atoms with van der Waals surface area (Å²) < 4.78 is 10.2. The number of carbonyl (C=O) groups excluding carboxylic acids is 1. The molecule has 0 radical (unpaired) electrons. The van der Waals surface area contributed by atoms with Crippen molar-refractivity contribution in [2.75, 3.05) is 13.2 Å². The highest BCUT2D eigenvalue weighted by Gasteiger charge is 2.58. The quantitative estimate of drug-likeness (QED) is 0.361. The molecule has 0 spiro atoms. The standard InChI is InChI=1S/C6H8O3/c7-3-6-4-8-2-1-5(6)9-6/h3,5H,1-2,4H2/t5-,6+/m1/s1. The zero-order valence-electron chi connectivity index (χ0n) is 5.00. The lowest BCUT2D eigenvalue weighted by atomic mass is 10.0. The van der Waals surface area contributed by atoms with E-state index < -0.39 is 5.60 Å². The molecule has 0 N–H and O–H groups in total. The zero-order chi connectivity index (χ0) is 6.32. The van der Waals surface area contributed by atoms with E-state index in [1.54, 1.807) is 0 Å². The number of hydrogen-bond donors (Lipinski definition) is 0. The van der Waals surface area contributed by atoms with Crippen LogP contribution in [0.4, 0.5) is 0 Å². The van der Waals surface area contributed by atoms with Gasteiger partial charge in [-0.05, 0) is 0 Å². The highest BCUT2D eigenvalue weighted by Crippen LogP contribution is 2.39. The Bertz CT molecular complexity index is 145. The van der Waals surface area contributed by atoms with Crippen molar-refractivity contribution >= 4 is 6.29 Å². The normalized spacial score (nSPS) is 47.8. The number of rotatable bonds is 1.